The minimum Gasteiger partial charge on any atom is -0.450 e. The second kappa shape index (κ2) is 18.8. The second-order valence-electron chi connectivity index (χ2n) is 7.06. The second-order valence-corrected chi connectivity index (χ2v) is 7.06. The van der Waals surface area contributed by atoms with Crippen molar-refractivity contribution in [2.75, 3.05) is 26.3 Å². The van der Waals surface area contributed by atoms with E-state index in [1.165, 1.54) is 0 Å². The van der Waals surface area contributed by atoms with Gasteiger partial charge < -0.3 is 37.7 Å². The molecule has 14 N–H and O–H groups in total. The number of imide groups is 1. The summed E-state index contributed by atoms with van der Waals surface area (Å²) in [6.07, 6.45) is -1.89. The summed E-state index contributed by atoms with van der Waals surface area (Å²) in [7, 11) is 0. The molecule has 0 spiro atoms. The molecule has 0 aliphatic rings. The Morgan fingerprint density at radius 3 is 1.74 bits per heavy atom. The van der Waals surface area contributed by atoms with E-state index < -0.39 is 48.7 Å². The normalized spacial score (nSPS) is 12.7. The molecule has 0 aliphatic heterocycles. The van der Waals surface area contributed by atoms with Crippen LogP contribution >= 0.6 is 0 Å². The van der Waals surface area contributed by atoms with Gasteiger partial charge in [-0.15, -0.1) is 0 Å². The molecule has 0 rings (SSSR count). The average molecular weight is 493 g/mol. The molecule has 0 bridgehead atoms. The lowest BCUT2D eigenvalue weighted by molar-refractivity contribution is -0.130. The third-order valence-electron chi connectivity index (χ3n) is 4.17. The van der Waals surface area contributed by atoms with Gasteiger partial charge in [-0.2, -0.15) is 0 Å². The maximum absolute atomic E-state index is 12.9. The first-order chi connectivity index (χ1) is 16.1. The Morgan fingerprint density at radius 2 is 1.24 bits per heavy atom. The number of hydrazine groups is 1. The first-order valence-electron chi connectivity index (χ1n) is 11.1. The number of nitrogens with two attached hydrogens (primary N) is 4. The van der Waals surface area contributed by atoms with Gasteiger partial charge in [-0.05, 0) is 52.6 Å². The van der Waals surface area contributed by atoms with Gasteiger partial charge in [0.2, 0.25) is 5.91 Å². The molecule has 16 nitrogen and oxygen atoms in total. The number of ether oxygens (including phenoxy) is 2. The van der Waals surface area contributed by atoms with E-state index in [0.29, 0.717) is 25.9 Å². The average Bonchev–Trinajstić information content (AvgIpc) is 2.74. The third kappa shape index (κ3) is 16.1. The highest BCUT2D eigenvalue weighted by atomic mass is 16.6. The Bertz CT molecular complexity index is 622. The van der Waals surface area contributed by atoms with E-state index in [1.807, 2.05) is 0 Å². The molecular formula is C18H40N10O6. The van der Waals surface area contributed by atoms with Crippen LogP contribution in [0.3, 0.4) is 0 Å². The van der Waals surface area contributed by atoms with E-state index in [0.717, 1.165) is 0 Å². The lowest BCUT2D eigenvalue weighted by atomic mass is 10.1. The first-order valence-corrected chi connectivity index (χ1v) is 11.1. The zero-order valence-electron chi connectivity index (χ0n) is 19.7. The Morgan fingerprint density at radius 1 is 0.735 bits per heavy atom. The molecule has 0 saturated carbocycles. The third-order valence-corrected chi connectivity index (χ3v) is 4.17. The van der Waals surface area contributed by atoms with E-state index in [-0.39, 0.29) is 26.1 Å². The number of hydrogen-bond acceptors (Lipinski definition) is 13. The van der Waals surface area contributed by atoms with Gasteiger partial charge in [0.25, 0.3) is 5.91 Å². The Balaban J connectivity index is 5.20. The Labute approximate surface area is 198 Å². The van der Waals surface area contributed by atoms with Crippen LogP contribution in [0.4, 0.5) is 9.59 Å². The summed E-state index contributed by atoms with van der Waals surface area (Å²) in [4.78, 5) is 48.7. The summed E-state index contributed by atoms with van der Waals surface area (Å²) in [5.74, 6) is -1.35. The molecule has 0 radical (unpaired) electrons. The fraction of sp³-hybridized carbons (Fsp3) is 0.778. The van der Waals surface area contributed by atoms with Crippen molar-refractivity contribution >= 4 is 24.0 Å². The molecule has 4 amide bonds. The monoisotopic (exact) mass is 492 g/mol. The van der Waals surface area contributed by atoms with Crippen molar-refractivity contribution in [3.05, 3.63) is 0 Å². The van der Waals surface area contributed by atoms with Crippen molar-refractivity contribution in [1.82, 2.24) is 32.1 Å². The van der Waals surface area contributed by atoms with Crippen LogP contribution in [0.15, 0.2) is 0 Å². The van der Waals surface area contributed by atoms with Crippen LogP contribution in [0, 0.1) is 0 Å². The van der Waals surface area contributed by atoms with Crippen molar-refractivity contribution in [3.8, 4) is 0 Å². The zero-order valence-corrected chi connectivity index (χ0v) is 19.7. The van der Waals surface area contributed by atoms with Crippen molar-refractivity contribution in [2.45, 2.75) is 64.2 Å². The van der Waals surface area contributed by atoms with Gasteiger partial charge in [0, 0.05) is 0 Å². The highest BCUT2D eigenvalue weighted by molar-refractivity contribution is 5.97. The lowest BCUT2D eigenvalue weighted by Crippen LogP contribution is -2.57. The smallest absolute Gasteiger partial charge is 0.421 e. The predicted molar refractivity (Wildman–Crippen MR) is 123 cm³/mol. The number of alkyl carbamates (subject to hydrolysis) is 1. The van der Waals surface area contributed by atoms with Crippen LogP contribution in [0.5, 0.6) is 0 Å². The SMILES string of the molecule is CCOC(=O)NN[C@@H](CCCNC(N)N)C(=O)N[C@@H](CCCNC(N)N)C(=O)NC(=O)OCC. The fourth-order valence-electron chi connectivity index (χ4n) is 2.63. The largest absolute Gasteiger partial charge is 0.450 e. The number of amides is 4. The van der Waals surface area contributed by atoms with E-state index in [9.17, 15) is 19.2 Å². The van der Waals surface area contributed by atoms with Gasteiger partial charge in [-0.1, -0.05) is 0 Å². The Hall–Kier alpha value is -2.60. The van der Waals surface area contributed by atoms with Crippen molar-refractivity contribution in [3.63, 3.8) is 0 Å². The van der Waals surface area contributed by atoms with Crippen LogP contribution in [0.25, 0.3) is 0 Å². The molecule has 0 aromatic rings. The molecule has 2 atom stereocenters. The minimum absolute atomic E-state index is 0.0699. The predicted octanol–water partition coefficient (Wildman–Crippen LogP) is -3.50. The quantitative estimate of drug-likeness (QED) is 0.0537. The van der Waals surface area contributed by atoms with Gasteiger partial charge in [0.15, 0.2) is 0 Å². The molecule has 0 heterocycles. The number of rotatable bonds is 17. The number of nitrogens with one attached hydrogen (secondary N) is 6. The molecule has 0 aromatic heterocycles. The van der Waals surface area contributed by atoms with Crippen LogP contribution in [-0.4, -0.2) is 75.0 Å². The van der Waals surface area contributed by atoms with E-state index in [1.54, 1.807) is 13.8 Å². The summed E-state index contributed by atoms with van der Waals surface area (Å²) in [5, 5.41) is 10.2. The molecule has 0 aliphatic carbocycles. The molecular weight excluding hydrogens is 452 g/mol. The van der Waals surface area contributed by atoms with Gasteiger partial charge in [-0.3, -0.25) is 31.0 Å². The summed E-state index contributed by atoms with van der Waals surface area (Å²) in [6.45, 7) is 4.20. The highest BCUT2D eigenvalue weighted by Gasteiger charge is 2.27. The van der Waals surface area contributed by atoms with E-state index in [4.69, 9.17) is 32.4 Å². The number of carbonyl (C=O) groups excluding carboxylic acids is 4. The molecule has 0 fully saturated rings. The van der Waals surface area contributed by atoms with Crippen LogP contribution in [-0.2, 0) is 19.1 Å². The highest BCUT2D eigenvalue weighted by Crippen LogP contribution is 2.02. The molecule has 34 heavy (non-hydrogen) atoms. The topological polar surface area (TPSA) is 263 Å². The van der Waals surface area contributed by atoms with Crippen LogP contribution in [0.1, 0.15) is 39.5 Å². The van der Waals surface area contributed by atoms with E-state index in [2.05, 4.69) is 32.1 Å². The summed E-state index contributed by atoms with van der Waals surface area (Å²) in [5.41, 5.74) is 26.6. The minimum atomic E-state index is -1.07. The van der Waals surface area contributed by atoms with Gasteiger partial charge in [-0.25, -0.2) is 15.0 Å². The molecule has 198 valence electrons. The summed E-state index contributed by atoms with van der Waals surface area (Å²) >= 11 is 0. The summed E-state index contributed by atoms with van der Waals surface area (Å²) in [6, 6.07) is -2.01. The number of carbonyl (C=O) groups is 4. The zero-order chi connectivity index (χ0) is 25.9. The van der Waals surface area contributed by atoms with Crippen molar-refractivity contribution in [2.24, 2.45) is 22.9 Å². The van der Waals surface area contributed by atoms with Gasteiger partial charge in [0.1, 0.15) is 24.7 Å². The summed E-state index contributed by atoms with van der Waals surface area (Å²) < 4.78 is 9.48. The standard InChI is InChI=1S/C18H40N10O6/c1-3-33-17(31)26-13(29)11(7-5-9-23-15(19)20)25-14(30)12(8-6-10-24-16(21)22)27-28-18(32)34-4-2/h11-12,15-16,23-24,27H,3-10,19-22H2,1-2H3,(H,25,30)(H,28,32)(H,26,29,31)/t11-,12-/m0/s1. The lowest BCUT2D eigenvalue weighted by Gasteiger charge is -2.23. The molecule has 0 saturated heterocycles. The molecule has 0 unspecified atom stereocenters. The van der Waals surface area contributed by atoms with E-state index >= 15 is 0 Å². The Kier molecular flexibility index (Phi) is 17.3. The maximum atomic E-state index is 12.9. The van der Waals surface area contributed by atoms with Gasteiger partial charge >= 0.3 is 12.2 Å². The number of hydrogen-bond donors (Lipinski definition) is 10. The maximum Gasteiger partial charge on any atom is 0.421 e. The fourth-order valence-corrected chi connectivity index (χ4v) is 2.63. The van der Waals surface area contributed by atoms with Gasteiger partial charge in [0.05, 0.1) is 13.2 Å². The van der Waals surface area contributed by atoms with Crippen molar-refractivity contribution < 1.29 is 28.7 Å². The van der Waals surface area contributed by atoms with Crippen LogP contribution in [0.2, 0.25) is 0 Å². The first kappa shape index (κ1) is 31.4. The molecule has 0 aromatic carbocycles. The van der Waals surface area contributed by atoms with Crippen molar-refractivity contribution in [1.29, 1.82) is 0 Å². The molecule has 16 heteroatoms. The van der Waals surface area contributed by atoms with Crippen LogP contribution < -0.4 is 55.1 Å².